The first-order valence-corrected chi connectivity index (χ1v) is 10.2. The van der Waals surface area contributed by atoms with Gasteiger partial charge in [0.2, 0.25) is 11.1 Å². The van der Waals surface area contributed by atoms with Crippen LogP contribution in [-0.4, -0.2) is 63.5 Å². The smallest absolute Gasteiger partial charge is 0.230 e. The Morgan fingerprint density at radius 2 is 2.00 bits per heavy atom. The van der Waals surface area contributed by atoms with E-state index in [1.165, 1.54) is 36.6 Å². The highest BCUT2D eigenvalue weighted by Gasteiger charge is 2.23. The van der Waals surface area contributed by atoms with Gasteiger partial charge in [0.15, 0.2) is 0 Å². The molecule has 1 aliphatic rings. The molecule has 2 heterocycles. The largest absolute Gasteiger partial charge is 0.497 e. The molecule has 1 aromatic carbocycles. The van der Waals surface area contributed by atoms with Gasteiger partial charge in [0.05, 0.1) is 18.9 Å². The summed E-state index contributed by atoms with van der Waals surface area (Å²) in [6.45, 7) is 2.71. The number of ether oxygens (including phenoxy) is 1. The first-order chi connectivity index (χ1) is 13.2. The van der Waals surface area contributed by atoms with Crippen LogP contribution in [0.25, 0.3) is 0 Å². The lowest BCUT2D eigenvalue weighted by Gasteiger charge is -2.35. The SMILES string of the molecule is COc1ccc(C(CNC(=O)CSc2nnnn2C)N2CCCCC2)cc1. The van der Waals surface area contributed by atoms with Gasteiger partial charge in [-0.15, -0.1) is 5.10 Å². The lowest BCUT2D eigenvalue weighted by atomic mass is 10.0. The summed E-state index contributed by atoms with van der Waals surface area (Å²) >= 11 is 1.33. The summed E-state index contributed by atoms with van der Waals surface area (Å²) in [5, 5.41) is 14.9. The molecule has 8 nitrogen and oxygen atoms in total. The van der Waals surface area contributed by atoms with Crippen LogP contribution in [0.15, 0.2) is 29.4 Å². The zero-order valence-corrected chi connectivity index (χ0v) is 16.6. The fourth-order valence-corrected chi connectivity index (χ4v) is 3.93. The Morgan fingerprint density at radius 3 is 2.63 bits per heavy atom. The van der Waals surface area contributed by atoms with Crippen LogP contribution in [0.5, 0.6) is 5.75 Å². The third kappa shape index (κ3) is 5.43. The van der Waals surface area contributed by atoms with Crippen LogP contribution in [0.3, 0.4) is 0 Å². The van der Waals surface area contributed by atoms with E-state index >= 15 is 0 Å². The molecule has 146 valence electrons. The second kappa shape index (κ2) is 9.70. The van der Waals surface area contributed by atoms with Crippen LogP contribution in [0.1, 0.15) is 30.9 Å². The monoisotopic (exact) mass is 390 g/mol. The Bertz CT molecular complexity index is 730. The van der Waals surface area contributed by atoms with Gasteiger partial charge in [-0.05, 0) is 54.1 Å². The maximum absolute atomic E-state index is 12.3. The van der Waals surface area contributed by atoms with Crippen molar-refractivity contribution in [2.45, 2.75) is 30.5 Å². The van der Waals surface area contributed by atoms with Gasteiger partial charge >= 0.3 is 0 Å². The predicted molar refractivity (Wildman–Crippen MR) is 104 cm³/mol. The molecule has 1 saturated heterocycles. The lowest BCUT2D eigenvalue weighted by Crippen LogP contribution is -2.41. The summed E-state index contributed by atoms with van der Waals surface area (Å²) in [5.74, 6) is 1.12. The molecule has 3 rings (SSSR count). The highest BCUT2D eigenvalue weighted by molar-refractivity contribution is 7.99. The number of piperidine rings is 1. The highest BCUT2D eigenvalue weighted by atomic mass is 32.2. The Kier molecular flexibility index (Phi) is 7.05. The van der Waals surface area contributed by atoms with Gasteiger partial charge in [-0.3, -0.25) is 9.69 Å². The number of carbonyl (C=O) groups is 1. The zero-order valence-electron chi connectivity index (χ0n) is 15.8. The van der Waals surface area contributed by atoms with Crippen molar-refractivity contribution in [1.82, 2.24) is 30.4 Å². The highest BCUT2D eigenvalue weighted by Crippen LogP contribution is 2.26. The average Bonchev–Trinajstić information content (AvgIpc) is 3.12. The maximum Gasteiger partial charge on any atom is 0.230 e. The van der Waals surface area contributed by atoms with E-state index < -0.39 is 0 Å². The van der Waals surface area contributed by atoms with E-state index in [1.807, 2.05) is 12.1 Å². The average molecular weight is 391 g/mol. The summed E-state index contributed by atoms with van der Waals surface area (Å²) in [5.41, 5.74) is 1.20. The minimum absolute atomic E-state index is 0.0153. The number of methoxy groups -OCH3 is 1. The van der Waals surface area contributed by atoms with Gasteiger partial charge in [0, 0.05) is 13.6 Å². The van der Waals surface area contributed by atoms with E-state index in [1.54, 1.807) is 18.8 Å². The molecule has 1 N–H and O–H groups in total. The standard InChI is InChI=1S/C18H26N6O2S/c1-23-18(20-21-22-23)27-13-17(25)19-12-16(24-10-4-3-5-11-24)14-6-8-15(26-2)9-7-14/h6-9,16H,3-5,10-13H2,1-2H3,(H,19,25). The third-order valence-electron chi connectivity index (χ3n) is 4.74. The summed E-state index contributed by atoms with van der Waals surface area (Å²) in [7, 11) is 3.43. The van der Waals surface area contributed by atoms with Gasteiger partial charge in [-0.25, -0.2) is 4.68 Å². The quantitative estimate of drug-likeness (QED) is 0.686. The Balaban J connectivity index is 1.60. The third-order valence-corrected chi connectivity index (χ3v) is 5.75. The van der Waals surface area contributed by atoms with Crippen LogP contribution in [0, 0.1) is 0 Å². The van der Waals surface area contributed by atoms with Gasteiger partial charge in [0.25, 0.3) is 0 Å². The van der Waals surface area contributed by atoms with E-state index in [4.69, 9.17) is 4.74 Å². The number of rotatable bonds is 8. The lowest BCUT2D eigenvalue weighted by molar-refractivity contribution is -0.118. The summed E-state index contributed by atoms with van der Waals surface area (Å²) in [4.78, 5) is 14.8. The fourth-order valence-electron chi connectivity index (χ4n) is 3.25. The number of hydrogen-bond donors (Lipinski definition) is 1. The number of benzene rings is 1. The molecule has 1 aliphatic heterocycles. The van der Waals surface area contributed by atoms with Crippen molar-refractivity contribution in [1.29, 1.82) is 0 Å². The first kappa shape index (κ1) is 19.6. The van der Waals surface area contributed by atoms with Crippen molar-refractivity contribution in [3.05, 3.63) is 29.8 Å². The number of tetrazole rings is 1. The Morgan fingerprint density at radius 1 is 1.26 bits per heavy atom. The Labute approximate surface area is 163 Å². The number of nitrogens with zero attached hydrogens (tertiary/aromatic N) is 5. The van der Waals surface area contributed by atoms with Crippen molar-refractivity contribution >= 4 is 17.7 Å². The van der Waals surface area contributed by atoms with E-state index in [-0.39, 0.29) is 11.9 Å². The number of nitrogens with one attached hydrogen (secondary N) is 1. The van der Waals surface area contributed by atoms with E-state index in [9.17, 15) is 4.79 Å². The predicted octanol–water partition coefficient (Wildman–Crippen LogP) is 1.65. The van der Waals surface area contributed by atoms with Gasteiger partial charge in [-0.1, -0.05) is 30.3 Å². The van der Waals surface area contributed by atoms with E-state index in [2.05, 4.69) is 37.9 Å². The molecular formula is C18H26N6O2S. The number of hydrogen-bond acceptors (Lipinski definition) is 7. The number of likely N-dealkylation sites (tertiary alicyclic amines) is 1. The molecular weight excluding hydrogens is 364 g/mol. The number of amides is 1. The fraction of sp³-hybridized carbons (Fsp3) is 0.556. The van der Waals surface area contributed by atoms with Crippen LogP contribution in [0.2, 0.25) is 0 Å². The molecule has 1 unspecified atom stereocenters. The second-order valence-electron chi connectivity index (χ2n) is 6.56. The topological polar surface area (TPSA) is 85.2 Å². The zero-order chi connectivity index (χ0) is 19.1. The first-order valence-electron chi connectivity index (χ1n) is 9.17. The molecule has 27 heavy (non-hydrogen) atoms. The second-order valence-corrected chi connectivity index (χ2v) is 7.51. The van der Waals surface area contributed by atoms with Crippen molar-refractivity contribution < 1.29 is 9.53 Å². The van der Waals surface area contributed by atoms with Gasteiger partial charge < -0.3 is 10.1 Å². The van der Waals surface area contributed by atoms with E-state index in [0.717, 1.165) is 18.8 Å². The molecule has 1 aromatic heterocycles. The molecule has 1 fully saturated rings. The van der Waals surface area contributed by atoms with Crippen molar-refractivity contribution in [2.75, 3.05) is 32.5 Å². The summed E-state index contributed by atoms with van der Waals surface area (Å²) < 4.78 is 6.83. The Hall–Kier alpha value is -2.13. The number of carbonyl (C=O) groups excluding carboxylic acids is 1. The number of thioether (sulfide) groups is 1. The normalized spacial score (nSPS) is 16.1. The van der Waals surface area contributed by atoms with Crippen LogP contribution < -0.4 is 10.1 Å². The minimum Gasteiger partial charge on any atom is -0.497 e. The molecule has 1 atom stereocenters. The summed E-state index contributed by atoms with van der Waals surface area (Å²) in [6.07, 6.45) is 3.69. The molecule has 1 amide bonds. The molecule has 0 aliphatic carbocycles. The number of aromatic nitrogens is 4. The maximum atomic E-state index is 12.3. The van der Waals surface area contributed by atoms with Crippen molar-refractivity contribution in [3.63, 3.8) is 0 Å². The molecule has 2 aromatic rings. The van der Waals surface area contributed by atoms with Crippen LogP contribution in [0.4, 0.5) is 0 Å². The molecule has 0 spiro atoms. The van der Waals surface area contributed by atoms with E-state index in [0.29, 0.717) is 17.5 Å². The molecule has 0 saturated carbocycles. The van der Waals surface area contributed by atoms with Crippen LogP contribution >= 0.6 is 11.8 Å². The number of aryl methyl sites for hydroxylation is 1. The van der Waals surface area contributed by atoms with Crippen molar-refractivity contribution in [3.8, 4) is 5.75 Å². The van der Waals surface area contributed by atoms with Crippen LogP contribution in [-0.2, 0) is 11.8 Å². The summed E-state index contributed by atoms with van der Waals surface area (Å²) in [6, 6.07) is 8.30. The molecule has 0 radical (unpaired) electrons. The van der Waals surface area contributed by atoms with Crippen molar-refractivity contribution in [2.24, 2.45) is 7.05 Å². The van der Waals surface area contributed by atoms with Gasteiger partial charge in [-0.2, -0.15) is 0 Å². The molecule has 0 bridgehead atoms. The minimum atomic E-state index is -0.0153. The molecule has 9 heteroatoms. The van der Waals surface area contributed by atoms with Gasteiger partial charge in [0.1, 0.15) is 5.75 Å².